The number of aryl methyl sites for hydroxylation is 1. The predicted molar refractivity (Wildman–Crippen MR) is 81.0 cm³/mol. The van der Waals surface area contributed by atoms with E-state index in [1.54, 1.807) is 0 Å². The summed E-state index contributed by atoms with van der Waals surface area (Å²) in [5.41, 5.74) is 2.66. The van der Waals surface area contributed by atoms with Crippen LogP contribution in [-0.2, 0) is 16.5 Å². The molecule has 0 aliphatic carbocycles. The van der Waals surface area contributed by atoms with Gasteiger partial charge in [0, 0.05) is 37.5 Å². The van der Waals surface area contributed by atoms with Crippen molar-refractivity contribution in [2.75, 3.05) is 26.3 Å². The zero-order valence-electron chi connectivity index (χ0n) is 13.3. The molecule has 0 bridgehead atoms. The Morgan fingerprint density at radius 3 is 2.95 bits per heavy atom. The molecule has 3 heterocycles. The predicted octanol–water partition coefficient (Wildman–Crippen LogP) is 2.41. The van der Waals surface area contributed by atoms with Gasteiger partial charge in [-0.1, -0.05) is 0 Å². The zero-order valence-corrected chi connectivity index (χ0v) is 13.3. The number of nitrogens with zero attached hydrogens (tertiary/aromatic N) is 3. The summed E-state index contributed by atoms with van der Waals surface area (Å²) >= 11 is 0. The van der Waals surface area contributed by atoms with Crippen molar-refractivity contribution in [2.24, 2.45) is 7.05 Å². The van der Waals surface area contributed by atoms with Crippen LogP contribution in [0.1, 0.15) is 49.4 Å². The number of aromatic nitrogens is 2. The van der Waals surface area contributed by atoms with Gasteiger partial charge < -0.3 is 9.47 Å². The van der Waals surface area contributed by atoms with Crippen molar-refractivity contribution in [3.05, 3.63) is 17.5 Å². The molecule has 118 valence electrons. The molecule has 0 saturated carbocycles. The third-order valence-electron chi connectivity index (χ3n) is 4.82. The summed E-state index contributed by atoms with van der Waals surface area (Å²) in [5, 5.41) is 4.39. The van der Waals surface area contributed by atoms with E-state index in [9.17, 15) is 0 Å². The van der Waals surface area contributed by atoms with Crippen LogP contribution >= 0.6 is 0 Å². The Bertz CT molecular complexity index is 454. The molecule has 0 amide bonds. The van der Waals surface area contributed by atoms with Crippen molar-refractivity contribution in [1.29, 1.82) is 0 Å². The highest BCUT2D eigenvalue weighted by atomic mass is 16.7. The van der Waals surface area contributed by atoms with Crippen LogP contribution in [0, 0.1) is 6.92 Å². The van der Waals surface area contributed by atoms with Crippen molar-refractivity contribution < 1.29 is 9.47 Å². The summed E-state index contributed by atoms with van der Waals surface area (Å²) in [6, 6.07) is 0.509. The molecule has 2 fully saturated rings. The van der Waals surface area contributed by atoms with Crippen LogP contribution in [0.4, 0.5) is 0 Å². The Morgan fingerprint density at radius 2 is 2.24 bits per heavy atom. The van der Waals surface area contributed by atoms with Crippen LogP contribution in [0.15, 0.2) is 6.20 Å². The Morgan fingerprint density at radius 1 is 1.33 bits per heavy atom. The summed E-state index contributed by atoms with van der Waals surface area (Å²) in [6.45, 7) is 5.92. The lowest BCUT2D eigenvalue weighted by atomic mass is 10.1. The fraction of sp³-hybridized carbons (Fsp3) is 0.812. The SMILES string of the molecule is Cc1c([C@@H]2CCCN2CCO[C@@H]2CCCCO2)cnn1C. The topological polar surface area (TPSA) is 39.5 Å². The van der Waals surface area contributed by atoms with Crippen LogP contribution < -0.4 is 0 Å². The number of likely N-dealkylation sites (tertiary alicyclic amines) is 1. The summed E-state index contributed by atoms with van der Waals surface area (Å²) in [4.78, 5) is 2.53. The van der Waals surface area contributed by atoms with E-state index in [2.05, 4.69) is 16.9 Å². The number of ether oxygens (including phenoxy) is 2. The fourth-order valence-corrected chi connectivity index (χ4v) is 3.43. The van der Waals surface area contributed by atoms with Crippen molar-refractivity contribution >= 4 is 0 Å². The molecule has 3 rings (SSSR count). The molecule has 2 aliphatic rings. The minimum Gasteiger partial charge on any atom is -0.353 e. The number of hydrogen-bond donors (Lipinski definition) is 0. The molecule has 5 nitrogen and oxygen atoms in total. The third kappa shape index (κ3) is 3.47. The van der Waals surface area contributed by atoms with Gasteiger partial charge in [0.25, 0.3) is 0 Å². The monoisotopic (exact) mass is 293 g/mol. The second-order valence-corrected chi connectivity index (χ2v) is 6.17. The molecule has 0 aromatic carbocycles. The van der Waals surface area contributed by atoms with E-state index in [0.29, 0.717) is 6.04 Å². The van der Waals surface area contributed by atoms with Crippen LogP contribution in [0.5, 0.6) is 0 Å². The largest absolute Gasteiger partial charge is 0.353 e. The molecule has 1 aromatic rings. The average molecular weight is 293 g/mol. The molecule has 0 N–H and O–H groups in total. The van der Waals surface area contributed by atoms with Crippen LogP contribution in [0.3, 0.4) is 0 Å². The van der Waals surface area contributed by atoms with Gasteiger partial charge in [-0.15, -0.1) is 0 Å². The van der Waals surface area contributed by atoms with Crippen molar-refractivity contribution in [1.82, 2.24) is 14.7 Å². The van der Waals surface area contributed by atoms with Crippen molar-refractivity contribution in [3.8, 4) is 0 Å². The smallest absolute Gasteiger partial charge is 0.157 e. The second kappa shape index (κ2) is 6.90. The van der Waals surface area contributed by atoms with Gasteiger partial charge >= 0.3 is 0 Å². The van der Waals surface area contributed by atoms with E-state index in [1.807, 2.05) is 17.9 Å². The molecular weight excluding hydrogens is 266 g/mol. The van der Waals surface area contributed by atoms with Gasteiger partial charge in [-0.25, -0.2) is 0 Å². The van der Waals surface area contributed by atoms with E-state index in [1.165, 1.54) is 36.9 Å². The average Bonchev–Trinajstić information content (AvgIpc) is 3.08. The first-order valence-corrected chi connectivity index (χ1v) is 8.21. The quantitative estimate of drug-likeness (QED) is 0.836. The molecular formula is C16H27N3O2. The van der Waals surface area contributed by atoms with Crippen molar-refractivity contribution in [3.63, 3.8) is 0 Å². The van der Waals surface area contributed by atoms with Crippen LogP contribution in [0.25, 0.3) is 0 Å². The molecule has 1 aromatic heterocycles. The van der Waals surface area contributed by atoms with E-state index >= 15 is 0 Å². The standard InChI is InChI=1S/C16H27N3O2/c1-13-14(12-17-18(13)2)15-6-5-8-19(15)9-11-21-16-7-3-4-10-20-16/h12,15-16H,3-11H2,1-2H3/t15-,16+/m0/s1. The highest BCUT2D eigenvalue weighted by Crippen LogP contribution is 2.33. The summed E-state index contributed by atoms with van der Waals surface area (Å²) < 4.78 is 13.5. The Labute approximate surface area is 127 Å². The molecule has 21 heavy (non-hydrogen) atoms. The van der Waals surface area contributed by atoms with E-state index in [4.69, 9.17) is 9.47 Å². The van der Waals surface area contributed by atoms with Gasteiger partial charge in [0.1, 0.15) is 0 Å². The fourth-order valence-electron chi connectivity index (χ4n) is 3.43. The van der Waals surface area contributed by atoms with Gasteiger partial charge in [0.05, 0.1) is 12.8 Å². The maximum atomic E-state index is 5.88. The van der Waals surface area contributed by atoms with E-state index in [-0.39, 0.29) is 6.29 Å². The van der Waals surface area contributed by atoms with Gasteiger partial charge in [-0.2, -0.15) is 5.10 Å². The van der Waals surface area contributed by atoms with Gasteiger partial charge in [-0.3, -0.25) is 9.58 Å². The minimum absolute atomic E-state index is 0.0277. The van der Waals surface area contributed by atoms with E-state index in [0.717, 1.165) is 32.7 Å². The summed E-state index contributed by atoms with van der Waals surface area (Å²) in [6.07, 6.45) is 8.00. The molecule has 2 atom stereocenters. The first-order valence-electron chi connectivity index (χ1n) is 8.21. The number of hydrogen-bond acceptors (Lipinski definition) is 4. The minimum atomic E-state index is 0.0277. The lowest BCUT2D eigenvalue weighted by molar-refractivity contribution is -0.164. The summed E-state index contributed by atoms with van der Waals surface area (Å²) in [7, 11) is 2.02. The highest BCUT2D eigenvalue weighted by molar-refractivity contribution is 5.21. The van der Waals surface area contributed by atoms with E-state index < -0.39 is 0 Å². The molecule has 0 spiro atoms. The first kappa shape index (κ1) is 15.0. The van der Waals surface area contributed by atoms with Gasteiger partial charge in [-0.05, 0) is 45.6 Å². The van der Waals surface area contributed by atoms with Crippen LogP contribution in [0.2, 0.25) is 0 Å². The van der Waals surface area contributed by atoms with Gasteiger partial charge in [0.15, 0.2) is 6.29 Å². The maximum absolute atomic E-state index is 5.88. The van der Waals surface area contributed by atoms with Crippen molar-refractivity contribution in [2.45, 2.75) is 51.4 Å². The lowest BCUT2D eigenvalue weighted by Crippen LogP contribution is -2.30. The van der Waals surface area contributed by atoms with Gasteiger partial charge in [0.2, 0.25) is 0 Å². The Kier molecular flexibility index (Phi) is 4.93. The third-order valence-corrected chi connectivity index (χ3v) is 4.82. The second-order valence-electron chi connectivity index (χ2n) is 6.17. The maximum Gasteiger partial charge on any atom is 0.157 e. The molecule has 2 saturated heterocycles. The molecule has 5 heteroatoms. The molecule has 0 radical (unpaired) electrons. The molecule has 0 unspecified atom stereocenters. The molecule has 2 aliphatic heterocycles. The first-order chi connectivity index (χ1) is 10.3. The Balaban J connectivity index is 1.51. The number of rotatable bonds is 5. The van der Waals surface area contributed by atoms with Crippen LogP contribution in [-0.4, -0.2) is 47.3 Å². The Hall–Kier alpha value is -0.910. The lowest BCUT2D eigenvalue weighted by Gasteiger charge is -2.27. The zero-order chi connectivity index (χ0) is 14.7. The normalized spacial score (nSPS) is 27.3. The highest BCUT2D eigenvalue weighted by Gasteiger charge is 2.28. The summed E-state index contributed by atoms with van der Waals surface area (Å²) in [5.74, 6) is 0.